The van der Waals surface area contributed by atoms with Crippen LogP contribution in [0.1, 0.15) is 51.1 Å². The van der Waals surface area contributed by atoms with Gasteiger partial charge < -0.3 is 15.0 Å². The maximum atomic E-state index is 12.2. The van der Waals surface area contributed by atoms with Crippen LogP contribution in [-0.2, 0) is 14.6 Å². The summed E-state index contributed by atoms with van der Waals surface area (Å²) in [5.41, 5.74) is 0.485. The Morgan fingerprint density at radius 2 is 2.15 bits per heavy atom. The Balaban J connectivity index is 1.96. The molecule has 0 saturated carbocycles. The van der Waals surface area contributed by atoms with Gasteiger partial charge in [-0.2, -0.15) is 0 Å². The highest BCUT2D eigenvalue weighted by atomic mass is 32.2. The lowest BCUT2D eigenvalue weighted by Crippen LogP contribution is -2.52. The van der Waals surface area contributed by atoms with Crippen molar-refractivity contribution >= 4 is 15.8 Å². The van der Waals surface area contributed by atoms with Gasteiger partial charge in [0.05, 0.1) is 24.1 Å². The SMILES string of the molecule is CCC1(CC)CN(c2ncc(S(C)(=O)=O)c([C@@H]3CCCNC3)n2)CCO1. The molecule has 1 aromatic rings. The van der Waals surface area contributed by atoms with E-state index in [9.17, 15) is 8.42 Å². The first-order chi connectivity index (χ1) is 12.4. The summed E-state index contributed by atoms with van der Waals surface area (Å²) in [5, 5.41) is 3.35. The molecule has 0 spiro atoms. The van der Waals surface area contributed by atoms with E-state index in [-0.39, 0.29) is 16.4 Å². The van der Waals surface area contributed by atoms with Crippen LogP contribution < -0.4 is 10.2 Å². The third-order valence-electron chi connectivity index (χ3n) is 5.67. The molecule has 2 aliphatic heterocycles. The van der Waals surface area contributed by atoms with Gasteiger partial charge in [0, 0.05) is 31.8 Å². The van der Waals surface area contributed by atoms with E-state index in [4.69, 9.17) is 9.72 Å². The van der Waals surface area contributed by atoms with E-state index < -0.39 is 9.84 Å². The van der Waals surface area contributed by atoms with Crippen molar-refractivity contribution in [2.45, 2.75) is 55.9 Å². The second kappa shape index (κ2) is 7.78. The van der Waals surface area contributed by atoms with Crippen LogP contribution in [0, 0.1) is 0 Å². The summed E-state index contributed by atoms with van der Waals surface area (Å²) in [6.07, 6.45) is 6.57. The van der Waals surface area contributed by atoms with Gasteiger partial charge in [0.25, 0.3) is 0 Å². The molecule has 1 N–H and O–H groups in total. The topological polar surface area (TPSA) is 84.4 Å². The lowest BCUT2D eigenvalue weighted by molar-refractivity contribution is -0.0609. The number of ether oxygens (including phenoxy) is 1. The van der Waals surface area contributed by atoms with Crippen molar-refractivity contribution in [3.05, 3.63) is 11.9 Å². The van der Waals surface area contributed by atoms with Gasteiger partial charge in [-0.15, -0.1) is 0 Å². The first kappa shape index (κ1) is 19.5. The summed E-state index contributed by atoms with van der Waals surface area (Å²) in [6.45, 7) is 8.11. The number of hydrogen-bond acceptors (Lipinski definition) is 7. The van der Waals surface area contributed by atoms with E-state index in [0.717, 1.165) is 51.9 Å². The number of sulfone groups is 1. The summed E-state index contributed by atoms with van der Waals surface area (Å²) >= 11 is 0. The number of rotatable bonds is 5. The maximum absolute atomic E-state index is 12.2. The molecule has 7 nitrogen and oxygen atoms in total. The Hall–Kier alpha value is -1.25. The first-order valence-corrected chi connectivity index (χ1v) is 11.4. The van der Waals surface area contributed by atoms with E-state index in [1.807, 2.05) is 0 Å². The monoisotopic (exact) mass is 382 g/mol. The van der Waals surface area contributed by atoms with Crippen molar-refractivity contribution in [2.75, 3.05) is 43.9 Å². The number of hydrogen-bond donors (Lipinski definition) is 1. The Morgan fingerprint density at radius 1 is 1.38 bits per heavy atom. The number of aromatic nitrogens is 2. The number of piperidine rings is 1. The van der Waals surface area contributed by atoms with Crippen LogP contribution in [0.3, 0.4) is 0 Å². The van der Waals surface area contributed by atoms with Crippen LogP contribution in [0.2, 0.25) is 0 Å². The summed E-state index contributed by atoms with van der Waals surface area (Å²) in [7, 11) is -3.36. The minimum absolute atomic E-state index is 0.110. The molecule has 1 aromatic heterocycles. The minimum atomic E-state index is -3.36. The first-order valence-electron chi connectivity index (χ1n) is 9.55. The fourth-order valence-corrected chi connectivity index (χ4v) is 4.72. The van der Waals surface area contributed by atoms with Gasteiger partial charge in [0.15, 0.2) is 9.84 Å². The smallest absolute Gasteiger partial charge is 0.225 e. The van der Waals surface area contributed by atoms with E-state index in [1.165, 1.54) is 12.5 Å². The third-order valence-corrected chi connectivity index (χ3v) is 6.79. The van der Waals surface area contributed by atoms with Crippen LogP contribution in [0.15, 0.2) is 11.1 Å². The summed E-state index contributed by atoms with van der Waals surface area (Å²) in [5.74, 6) is 0.728. The highest BCUT2D eigenvalue weighted by Crippen LogP contribution is 2.31. The molecule has 2 fully saturated rings. The van der Waals surface area contributed by atoms with E-state index in [1.54, 1.807) is 0 Å². The summed E-state index contributed by atoms with van der Waals surface area (Å²) in [4.78, 5) is 11.6. The van der Waals surface area contributed by atoms with Crippen LogP contribution in [0.25, 0.3) is 0 Å². The molecule has 26 heavy (non-hydrogen) atoms. The lowest BCUT2D eigenvalue weighted by atomic mass is 9.95. The molecule has 1 atom stereocenters. The van der Waals surface area contributed by atoms with Gasteiger partial charge in [-0.05, 0) is 32.2 Å². The molecule has 0 aromatic carbocycles. The molecule has 0 unspecified atom stereocenters. The lowest BCUT2D eigenvalue weighted by Gasteiger charge is -2.42. The predicted octanol–water partition coefficient (Wildman–Crippen LogP) is 1.74. The fraction of sp³-hybridized carbons (Fsp3) is 0.778. The van der Waals surface area contributed by atoms with E-state index in [0.29, 0.717) is 18.2 Å². The van der Waals surface area contributed by atoms with Gasteiger partial charge in [0.2, 0.25) is 5.95 Å². The van der Waals surface area contributed by atoms with Crippen molar-refractivity contribution < 1.29 is 13.2 Å². The Bertz CT molecular complexity index is 728. The van der Waals surface area contributed by atoms with Crippen molar-refractivity contribution in [3.8, 4) is 0 Å². The zero-order valence-electron chi connectivity index (χ0n) is 16.0. The van der Waals surface area contributed by atoms with Gasteiger partial charge in [-0.1, -0.05) is 13.8 Å². The fourth-order valence-electron chi connectivity index (χ4n) is 3.88. The molecular formula is C18H30N4O3S. The van der Waals surface area contributed by atoms with Gasteiger partial charge >= 0.3 is 0 Å². The van der Waals surface area contributed by atoms with Crippen molar-refractivity contribution in [1.29, 1.82) is 0 Å². The molecule has 0 aliphatic carbocycles. The molecule has 0 radical (unpaired) electrons. The third kappa shape index (κ3) is 4.02. The maximum Gasteiger partial charge on any atom is 0.225 e. The molecule has 2 aliphatic rings. The van der Waals surface area contributed by atoms with Gasteiger partial charge in [0.1, 0.15) is 4.90 Å². The summed E-state index contributed by atoms with van der Waals surface area (Å²) in [6, 6.07) is 0. The second-order valence-electron chi connectivity index (χ2n) is 7.40. The zero-order valence-corrected chi connectivity index (χ0v) is 16.8. The van der Waals surface area contributed by atoms with Crippen LogP contribution in [0.4, 0.5) is 5.95 Å². The Morgan fingerprint density at radius 3 is 2.77 bits per heavy atom. The molecule has 2 saturated heterocycles. The van der Waals surface area contributed by atoms with Gasteiger partial charge in [-0.3, -0.25) is 0 Å². The normalized spacial score (nSPS) is 23.8. The summed E-state index contributed by atoms with van der Waals surface area (Å²) < 4.78 is 30.5. The highest BCUT2D eigenvalue weighted by Gasteiger charge is 2.35. The predicted molar refractivity (Wildman–Crippen MR) is 101 cm³/mol. The van der Waals surface area contributed by atoms with Crippen LogP contribution >= 0.6 is 0 Å². The zero-order chi connectivity index (χ0) is 18.8. The molecule has 0 bridgehead atoms. The molecule has 0 amide bonds. The average Bonchev–Trinajstić information content (AvgIpc) is 2.67. The average molecular weight is 383 g/mol. The molecular weight excluding hydrogens is 352 g/mol. The van der Waals surface area contributed by atoms with E-state index in [2.05, 4.69) is 29.0 Å². The number of anilines is 1. The highest BCUT2D eigenvalue weighted by molar-refractivity contribution is 7.90. The van der Waals surface area contributed by atoms with Crippen molar-refractivity contribution in [1.82, 2.24) is 15.3 Å². The Labute approximate surface area is 156 Å². The quantitative estimate of drug-likeness (QED) is 0.830. The second-order valence-corrected chi connectivity index (χ2v) is 9.38. The van der Waals surface area contributed by atoms with Gasteiger partial charge in [-0.25, -0.2) is 18.4 Å². The molecule has 3 rings (SSSR count). The van der Waals surface area contributed by atoms with Crippen molar-refractivity contribution in [2.24, 2.45) is 0 Å². The van der Waals surface area contributed by atoms with Crippen molar-refractivity contribution in [3.63, 3.8) is 0 Å². The largest absolute Gasteiger partial charge is 0.371 e. The molecule has 146 valence electrons. The number of nitrogens with zero attached hydrogens (tertiary/aromatic N) is 3. The Kier molecular flexibility index (Phi) is 5.84. The van der Waals surface area contributed by atoms with Crippen LogP contribution in [0.5, 0.6) is 0 Å². The molecule has 3 heterocycles. The van der Waals surface area contributed by atoms with Crippen LogP contribution in [-0.4, -0.2) is 63.0 Å². The minimum Gasteiger partial charge on any atom is -0.371 e. The van der Waals surface area contributed by atoms with E-state index >= 15 is 0 Å². The number of nitrogens with one attached hydrogen (secondary N) is 1. The molecule has 8 heteroatoms. The standard InChI is InChI=1S/C18H30N4O3S/c1-4-18(5-2)13-22(9-10-25-18)17-20-12-15(26(3,23)24)16(21-17)14-7-6-8-19-11-14/h12,14,19H,4-11,13H2,1-3H3/t14-/m1/s1. The number of morpholine rings is 1.